The molecule has 2 rings (SSSR count). The Balaban J connectivity index is 2.94. The molecular weight excluding hydrogens is 362 g/mol. The smallest absolute Gasteiger partial charge is 0.0856 e. The van der Waals surface area contributed by atoms with E-state index in [1.807, 2.05) is 18.2 Å². The van der Waals surface area contributed by atoms with Gasteiger partial charge in [0.25, 0.3) is 0 Å². The molecule has 0 bridgehead atoms. The highest BCUT2D eigenvalue weighted by molar-refractivity contribution is 9.13. The van der Waals surface area contributed by atoms with Crippen LogP contribution in [-0.4, -0.2) is 4.98 Å². The van der Waals surface area contributed by atoms with Gasteiger partial charge in [-0.3, -0.25) is 4.98 Å². The van der Waals surface area contributed by atoms with Gasteiger partial charge in [0.15, 0.2) is 0 Å². The summed E-state index contributed by atoms with van der Waals surface area (Å²) in [6.07, 6.45) is 1.79. The van der Waals surface area contributed by atoms with Crippen molar-refractivity contribution in [3.8, 4) is 0 Å². The zero-order valence-electron chi connectivity index (χ0n) is 6.39. The molecule has 0 saturated carbocycles. The fraction of sp³-hybridized carbons (Fsp3) is 0. The molecule has 0 aliphatic carbocycles. The highest BCUT2D eigenvalue weighted by Gasteiger charge is 2.05. The number of halogens is 3. The molecule has 66 valence electrons. The number of pyridine rings is 1. The van der Waals surface area contributed by atoms with Gasteiger partial charge in [0.05, 0.1) is 9.99 Å². The topological polar surface area (TPSA) is 12.9 Å². The zero-order valence-corrected chi connectivity index (χ0v) is 11.1. The normalized spacial score (nSPS) is 10.7. The van der Waals surface area contributed by atoms with Crippen LogP contribution in [0.2, 0.25) is 0 Å². The number of fused-ring (bicyclic) bond motifs is 1. The number of nitrogens with zero attached hydrogens (tertiary/aromatic N) is 1. The monoisotopic (exact) mass is 363 g/mol. The fourth-order valence-electron chi connectivity index (χ4n) is 1.13. The highest BCUT2D eigenvalue weighted by Crippen LogP contribution is 2.32. The van der Waals surface area contributed by atoms with Crippen molar-refractivity contribution in [3.63, 3.8) is 0 Å². The third-order valence-corrected chi connectivity index (χ3v) is 4.37. The van der Waals surface area contributed by atoms with Crippen LogP contribution in [0.3, 0.4) is 0 Å². The Bertz CT molecular complexity index is 468. The van der Waals surface area contributed by atoms with Crippen LogP contribution in [0.25, 0.3) is 10.9 Å². The standard InChI is InChI=1S/C9H4Br3N/c10-6-3-1-2-5-8(12)7(11)4-13-9(5)6/h1-4H. The van der Waals surface area contributed by atoms with E-state index in [-0.39, 0.29) is 0 Å². The summed E-state index contributed by atoms with van der Waals surface area (Å²) in [7, 11) is 0. The second kappa shape index (κ2) is 3.67. The van der Waals surface area contributed by atoms with Gasteiger partial charge in [0, 0.05) is 20.5 Å². The maximum atomic E-state index is 4.32. The van der Waals surface area contributed by atoms with E-state index in [1.165, 1.54) is 0 Å². The van der Waals surface area contributed by atoms with Crippen LogP contribution in [0, 0.1) is 0 Å². The van der Waals surface area contributed by atoms with Gasteiger partial charge in [-0.15, -0.1) is 0 Å². The van der Waals surface area contributed by atoms with Crippen molar-refractivity contribution in [3.05, 3.63) is 37.8 Å². The van der Waals surface area contributed by atoms with E-state index >= 15 is 0 Å². The maximum absolute atomic E-state index is 4.32. The molecule has 1 heterocycles. The second-order valence-electron chi connectivity index (χ2n) is 2.56. The lowest BCUT2D eigenvalue weighted by molar-refractivity contribution is 1.37. The first-order valence-corrected chi connectivity index (χ1v) is 5.96. The molecular formula is C9H4Br3N. The fourth-order valence-corrected chi connectivity index (χ4v) is 2.34. The first-order valence-electron chi connectivity index (χ1n) is 3.58. The van der Waals surface area contributed by atoms with Crippen LogP contribution in [0.4, 0.5) is 0 Å². The van der Waals surface area contributed by atoms with Crippen molar-refractivity contribution in [2.24, 2.45) is 0 Å². The molecule has 1 aromatic heterocycles. The van der Waals surface area contributed by atoms with E-state index < -0.39 is 0 Å². The van der Waals surface area contributed by atoms with E-state index in [4.69, 9.17) is 0 Å². The number of rotatable bonds is 0. The van der Waals surface area contributed by atoms with Gasteiger partial charge in [-0.05, 0) is 53.9 Å². The lowest BCUT2D eigenvalue weighted by Gasteiger charge is -2.03. The number of para-hydroxylation sites is 1. The van der Waals surface area contributed by atoms with Crippen molar-refractivity contribution in [2.45, 2.75) is 0 Å². The van der Waals surface area contributed by atoms with Gasteiger partial charge in [-0.1, -0.05) is 12.1 Å². The summed E-state index contributed by atoms with van der Waals surface area (Å²) < 4.78 is 3.02. The summed E-state index contributed by atoms with van der Waals surface area (Å²) >= 11 is 10.4. The van der Waals surface area contributed by atoms with E-state index in [0.29, 0.717) is 0 Å². The molecule has 0 saturated heterocycles. The third kappa shape index (κ3) is 1.67. The van der Waals surface area contributed by atoms with Crippen molar-refractivity contribution in [1.82, 2.24) is 4.98 Å². The van der Waals surface area contributed by atoms with Gasteiger partial charge >= 0.3 is 0 Å². The largest absolute Gasteiger partial charge is 0.254 e. The van der Waals surface area contributed by atoms with Gasteiger partial charge in [0.2, 0.25) is 0 Å². The van der Waals surface area contributed by atoms with Crippen LogP contribution in [0.5, 0.6) is 0 Å². The Morgan fingerprint density at radius 2 is 1.77 bits per heavy atom. The molecule has 0 atom stereocenters. The number of hydrogen-bond acceptors (Lipinski definition) is 1. The Morgan fingerprint density at radius 1 is 1.00 bits per heavy atom. The van der Waals surface area contributed by atoms with Crippen LogP contribution < -0.4 is 0 Å². The molecule has 4 heteroatoms. The van der Waals surface area contributed by atoms with Crippen molar-refractivity contribution in [2.75, 3.05) is 0 Å². The van der Waals surface area contributed by atoms with E-state index in [0.717, 1.165) is 24.3 Å². The molecule has 0 aliphatic rings. The Morgan fingerprint density at radius 3 is 2.54 bits per heavy atom. The number of benzene rings is 1. The van der Waals surface area contributed by atoms with Crippen LogP contribution >= 0.6 is 47.8 Å². The second-order valence-corrected chi connectivity index (χ2v) is 5.06. The first-order chi connectivity index (χ1) is 6.20. The van der Waals surface area contributed by atoms with Gasteiger partial charge in [-0.25, -0.2) is 0 Å². The molecule has 2 aromatic rings. The zero-order chi connectivity index (χ0) is 9.42. The predicted octanol–water partition coefficient (Wildman–Crippen LogP) is 4.52. The molecule has 0 spiro atoms. The SMILES string of the molecule is Brc1cnc2c(Br)cccc2c1Br. The maximum Gasteiger partial charge on any atom is 0.0856 e. The van der Waals surface area contributed by atoms with Gasteiger partial charge in [-0.2, -0.15) is 0 Å². The lowest BCUT2D eigenvalue weighted by Crippen LogP contribution is -1.82. The van der Waals surface area contributed by atoms with Crippen molar-refractivity contribution in [1.29, 1.82) is 0 Å². The first kappa shape index (κ1) is 9.62. The molecule has 0 unspecified atom stereocenters. The van der Waals surface area contributed by atoms with Crippen LogP contribution in [-0.2, 0) is 0 Å². The molecule has 0 aliphatic heterocycles. The molecule has 0 N–H and O–H groups in total. The Hall–Kier alpha value is 0.0700. The Kier molecular flexibility index (Phi) is 2.72. The van der Waals surface area contributed by atoms with Crippen LogP contribution in [0.15, 0.2) is 37.8 Å². The van der Waals surface area contributed by atoms with Gasteiger partial charge in [0.1, 0.15) is 0 Å². The molecule has 0 fully saturated rings. The summed E-state index contributed by atoms with van der Waals surface area (Å²) in [5, 5.41) is 1.10. The predicted molar refractivity (Wildman–Crippen MR) is 64.8 cm³/mol. The summed E-state index contributed by atoms with van der Waals surface area (Å²) in [6.45, 7) is 0. The molecule has 0 amide bonds. The van der Waals surface area contributed by atoms with E-state index in [2.05, 4.69) is 52.8 Å². The highest BCUT2D eigenvalue weighted by atomic mass is 79.9. The minimum atomic E-state index is 0.970. The summed E-state index contributed by atoms with van der Waals surface area (Å²) in [4.78, 5) is 4.32. The number of hydrogen-bond donors (Lipinski definition) is 0. The van der Waals surface area contributed by atoms with Gasteiger partial charge < -0.3 is 0 Å². The van der Waals surface area contributed by atoms with Crippen LogP contribution in [0.1, 0.15) is 0 Å². The van der Waals surface area contributed by atoms with E-state index in [9.17, 15) is 0 Å². The average molecular weight is 366 g/mol. The van der Waals surface area contributed by atoms with Crippen molar-refractivity contribution < 1.29 is 0 Å². The van der Waals surface area contributed by atoms with E-state index in [1.54, 1.807) is 6.20 Å². The molecule has 1 nitrogen and oxygen atoms in total. The lowest BCUT2D eigenvalue weighted by atomic mass is 10.2. The number of aromatic nitrogens is 1. The molecule has 13 heavy (non-hydrogen) atoms. The summed E-state index contributed by atoms with van der Waals surface area (Å²) in [5.41, 5.74) is 0.970. The summed E-state index contributed by atoms with van der Waals surface area (Å²) in [5.74, 6) is 0. The Labute approximate surface area is 101 Å². The molecule has 0 radical (unpaired) electrons. The third-order valence-electron chi connectivity index (χ3n) is 1.74. The minimum Gasteiger partial charge on any atom is -0.254 e. The average Bonchev–Trinajstić information content (AvgIpc) is 2.12. The molecule has 1 aromatic carbocycles. The summed E-state index contributed by atoms with van der Waals surface area (Å²) in [6, 6.07) is 6.00. The minimum absolute atomic E-state index is 0.970. The quantitative estimate of drug-likeness (QED) is 0.668. The van der Waals surface area contributed by atoms with Crippen molar-refractivity contribution >= 4 is 58.7 Å².